The second kappa shape index (κ2) is 5.35. The van der Waals surface area contributed by atoms with Gasteiger partial charge >= 0.3 is 0 Å². The van der Waals surface area contributed by atoms with Crippen molar-refractivity contribution in [3.8, 4) is 5.75 Å². The van der Waals surface area contributed by atoms with Gasteiger partial charge in [-0.3, -0.25) is 4.79 Å². The van der Waals surface area contributed by atoms with Gasteiger partial charge in [0.15, 0.2) is 6.29 Å². The number of hydrogen-bond donors (Lipinski definition) is 0. The van der Waals surface area contributed by atoms with Gasteiger partial charge < -0.3 is 4.74 Å². The van der Waals surface area contributed by atoms with Crippen LogP contribution in [0.3, 0.4) is 0 Å². The summed E-state index contributed by atoms with van der Waals surface area (Å²) in [6.07, 6.45) is 2.80. The SMILES string of the molecule is CC(C)=CCOc1ccc(C)cc1C=O. The van der Waals surface area contributed by atoms with E-state index < -0.39 is 0 Å². The topological polar surface area (TPSA) is 26.3 Å². The van der Waals surface area contributed by atoms with E-state index in [0.717, 1.165) is 11.8 Å². The molecule has 0 heterocycles. The normalized spacial score (nSPS) is 9.53. The first-order chi connectivity index (χ1) is 7.13. The summed E-state index contributed by atoms with van der Waals surface area (Å²) in [6, 6.07) is 5.59. The number of carbonyl (C=O) groups excluding carboxylic acids is 1. The summed E-state index contributed by atoms with van der Waals surface area (Å²) in [6.45, 7) is 6.48. The van der Waals surface area contributed by atoms with Gasteiger partial charge in [-0.15, -0.1) is 0 Å². The number of aldehydes is 1. The number of aryl methyl sites for hydroxylation is 1. The Kier molecular flexibility index (Phi) is 4.10. The minimum atomic E-state index is 0.506. The van der Waals surface area contributed by atoms with E-state index in [-0.39, 0.29) is 0 Å². The van der Waals surface area contributed by atoms with Crippen molar-refractivity contribution < 1.29 is 9.53 Å². The number of allylic oxidation sites excluding steroid dienone is 1. The summed E-state index contributed by atoms with van der Waals surface area (Å²) in [5.41, 5.74) is 2.87. The Morgan fingerprint density at radius 2 is 2.13 bits per heavy atom. The Morgan fingerprint density at radius 1 is 1.40 bits per heavy atom. The number of ether oxygens (including phenoxy) is 1. The molecule has 0 aliphatic heterocycles. The maximum atomic E-state index is 10.8. The lowest BCUT2D eigenvalue weighted by Crippen LogP contribution is -1.98. The molecule has 0 aromatic heterocycles. The fourth-order valence-electron chi connectivity index (χ4n) is 1.19. The Morgan fingerprint density at radius 3 is 2.73 bits per heavy atom. The van der Waals surface area contributed by atoms with Crippen LogP contribution in [0.15, 0.2) is 29.8 Å². The van der Waals surface area contributed by atoms with Crippen molar-refractivity contribution >= 4 is 6.29 Å². The molecule has 0 N–H and O–H groups in total. The third-order valence-electron chi connectivity index (χ3n) is 2.02. The molecule has 0 bridgehead atoms. The van der Waals surface area contributed by atoms with Crippen molar-refractivity contribution in [1.29, 1.82) is 0 Å². The van der Waals surface area contributed by atoms with Gasteiger partial charge in [0.1, 0.15) is 12.4 Å². The largest absolute Gasteiger partial charge is 0.489 e. The fraction of sp³-hybridized carbons (Fsp3) is 0.308. The molecule has 0 saturated heterocycles. The summed E-state index contributed by atoms with van der Waals surface area (Å²) in [4.78, 5) is 10.8. The smallest absolute Gasteiger partial charge is 0.153 e. The van der Waals surface area contributed by atoms with Crippen LogP contribution in [0.2, 0.25) is 0 Å². The van der Waals surface area contributed by atoms with E-state index >= 15 is 0 Å². The lowest BCUT2D eigenvalue weighted by Gasteiger charge is -2.06. The van der Waals surface area contributed by atoms with Gasteiger partial charge in [0.25, 0.3) is 0 Å². The highest BCUT2D eigenvalue weighted by atomic mass is 16.5. The third-order valence-corrected chi connectivity index (χ3v) is 2.02. The van der Waals surface area contributed by atoms with Crippen molar-refractivity contribution in [2.24, 2.45) is 0 Å². The minimum absolute atomic E-state index is 0.506. The third kappa shape index (κ3) is 3.58. The van der Waals surface area contributed by atoms with E-state index in [1.807, 2.05) is 45.0 Å². The predicted octanol–water partition coefficient (Wildman–Crippen LogP) is 3.15. The van der Waals surface area contributed by atoms with Crippen LogP contribution in [-0.2, 0) is 0 Å². The van der Waals surface area contributed by atoms with Crippen LogP contribution in [0.1, 0.15) is 29.8 Å². The monoisotopic (exact) mass is 204 g/mol. The van der Waals surface area contributed by atoms with Gasteiger partial charge in [0.05, 0.1) is 5.56 Å². The van der Waals surface area contributed by atoms with Gasteiger partial charge in [-0.05, 0) is 39.0 Å². The molecule has 0 saturated carbocycles. The molecule has 0 fully saturated rings. The van der Waals surface area contributed by atoms with Crippen molar-refractivity contribution in [2.75, 3.05) is 6.61 Å². The molecule has 0 atom stereocenters. The zero-order valence-corrected chi connectivity index (χ0v) is 9.41. The predicted molar refractivity (Wildman–Crippen MR) is 61.5 cm³/mol. The first-order valence-corrected chi connectivity index (χ1v) is 4.95. The van der Waals surface area contributed by atoms with E-state index in [1.54, 1.807) is 0 Å². The molecule has 2 nitrogen and oxygen atoms in total. The Balaban J connectivity index is 2.76. The molecule has 1 aromatic carbocycles. The zero-order chi connectivity index (χ0) is 11.3. The van der Waals surface area contributed by atoms with Crippen LogP contribution in [0.25, 0.3) is 0 Å². The molecule has 0 radical (unpaired) electrons. The summed E-state index contributed by atoms with van der Waals surface area (Å²) in [7, 11) is 0. The van der Waals surface area contributed by atoms with Crippen LogP contribution in [0.4, 0.5) is 0 Å². The van der Waals surface area contributed by atoms with Gasteiger partial charge in [-0.25, -0.2) is 0 Å². The highest BCUT2D eigenvalue weighted by Crippen LogP contribution is 2.18. The van der Waals surface area contributed by atoms with Crippen molar-refractivity contribution in [3.05, 3.63) is 41.0 Å². The van der Waals surface area contributed by atoms with E-state index in [9.17, 15) is 4.79 Å². The van der Waals surface area contributed by atoms with Crippen LogP contribution in [0, 0.1) is 6.92 Å². The molecule has 0 amide bonds. The van der Waals surface area contributed by atoms with Gasteiger partial charge in [0.2, 0.25) is 0 Å². The molecule has 0 spiro atoms. The van der Waals surface area contributed by atoms with E-state index in [0.29, 0.717) is 17.9 Å². The van der Waals surface area contributed by atoms with E-state index in [2.05, 4.69) is 0 Å². The Hall–Kier alpha value is -1.57. The average molecular weight is 204 g/mol. The summed E-state index contributed by atoms with van der Waals surface area (Å²) in [5.74, 6) is 0.646. The van der Waals surface area contributed by atoms with Crippen molar-refractivity contribution in [2.45, 2.75) is 20.8 Å². The summed E-state index contributed by atoms with van der Waals surface area (Å²) in [5, 5.41) is 0. The summed E-state index contributed by atoms with van der Waals surface area (Å²) >= 11 is 0. The van der Waals surface area contributed by atoms with Gasteiger partial charge in [-0.1, -0.05) is 17.2 Å². The number of benzene rings is 1. The maximum Gasteiger partial charge on any atom is 0.153 e. The Labute approximate surface area is 90.6 Å². The molecule has 0 aliphatic rings. The molecule has 0 unspecified atom stereocenters. The fourth-order valence-corrected chi connectivity index (χ4v) is 1.19. The molecule has 15 heavy (non-hydrogen) atoms. The maximum absolute atomic E-state index is 10.8. The number of hydrogen-bond acceptors (Lipinski definition) is 2. The molecule has 1 aromatic rings. The van der Waals surface area contributed by atoms with Crippen molar-refractivity contribution in [3.63, 3.8) is 0 Å². The molecule has 2 heteroatoms. The second-order valence-corrected chi connectivity index (χ2v) is 3.75. The first kappa shape index (κ1) is 11.5. The molecule has 0 aliphatic carbocycles. The number of rotatable bonds is 4. The second-order valence-electron chi connectivity index (χ2n) is 3.75. The average Bonchev–Trinajstić information content (AvgIpc) is 2.19. The zero-order valence-electron chi connectivity index (χ0n) is 9.41. The minimum Gasteiger partial charge on any atom is -0.489 e. The first-order valence-electron chi connectivity index (χ1n) is 4.95. The Bertz CT molecular complexity index is 374. The van der Waals surface area contributed by atoms with Crippen LogP contribution >= 0.6 is 0 Å². The number of carbonyl (C=O) groups is 1. The van der Waals surface area contributed by atoms with Crippen LogP contribution in [-0.4, -0.2) is 12.9 Å². The molecular formula is C13H16O2. The highest BCUT2D eigenvalue weighted by molar-refractivity contribution is 5.79. The highest BCUT2D eigenvalue weighted by Gasteiger charge is 2.01. The quantitative estimate of drug-likeness (QED) is 0.556. The summed E-state index contributed by atoms with van der Waals surface area (Å²) < 4.78 is 5.49. The van der Waals surface area contributed by atoms with Crippen molar-refractivity contribution in [1.82, 2.24) is 0 Å². The molecule has 1 rings (SSSR count). The van der Waals surface area contributed by atoms with Gasteiger partial charge in [0, 0.05) is 0 Å². The van der Waals surface area contributed by atoms with Crippen LogP contribution < -0.4 is 4.74 Å². The lowest BCUT2D eigenvalue weighted by molar-refractivity contribution is 0.112. The van der Waals surface area contributed by atoms with Crippen LogP contribution in [0.5, 0.6) is 5.75 Å². The lowest BCUT2D eigenvalue weighted by atomic mass is 10.1. The standard InChI is InChI=1S/C13H16O2/c1-10(2)6-7-15-13-5-4-11(3)8-12(13)9-14/h4-6,8-9H,7H2,1-3H3. The molecule has 80 valence electrons. The van der Waals surface area contributed by atoms with E-state index in [4.69, 9.17) is 4.74 Å². The van der Waals surface area contributed by atoms with Gasteiger partial charge in [-0.2, -0.15) is 0 Å². The van der Waals surface area contributed by atoms with E-state index in [1.165, 1.54) is 5.57 Å². The molecular weight excluding hydrogens is 188 g/mol.